The zero-order valence-corrected chi connectivity index (χ0v) is 8.08. The van der Waals surface area contributed by atoms with Gasteiger partial charge in [-0.1, -0.05) is 11.6 Å². The minimum atomic E-state index is -3.02. The molecule has 0 atom stereocenters. The van der Waals surface area contributed by atoms with Crippen molar-refractivity contribution in [2.75, 3.05) is 0 Å². The Hall–Kier alpha value is -1.43. The number of hydrogen-bond donors (Lipinski definition) is 0. The smallest absolute Gasteiger partial charge is 0.387 e. The van der Waals surface area contributed by atoms with Crippen molar-refractivity contribution < 1.29 is 18.4 Å². The van der Waals surface area contributed by atoms with E-state index in [0.717, 1.165) is 0 Å². The topological polar surface area (TPSA) is 52.4 Å². The lowest BCUT2D eigenvalue weighted by atomic mass is 10.2. The molecule has 0 unspecified atom stereocenters. The van der Waals surface area contributed by atoms with Crippen molar-refractivity contribution in [2.45, 2.75) is 13.2 Å². The van der Waals surface area contributed by atoms with Gasteiger partial charge in [0.05, 0.1) is 5.56 Å². The van der Waals surface area contributed by atoms with E-state index >= 15 is 0 Å². The number of hydrogen-bond acceptors (Lipinski definition) is 3. The van der Waals surface area contributed by atoms with Gasteiger partial charge in [0, 0.05) is 9.95 Å². The highest BCUT2D eigenvalue weighted by Gasteiger charge is 2.13. The van der Waals surface area contributed by atoms with Crippen LogP contribution in [0.3, 0.4) is 0 Å². The average Bonchev–Trinajstić information content (AvgIpc) is 2.08. The highest BCUT2D eigenvalue weighted by Crippen LogP contribution is 2.24. The molecule has 0 aliphatic rings. The molecule has 0 bridgehead atoms. The Bertz CT molecular complexity index is 373. The van der Waals surface area contributed by atoms with Gasteiger partial charge in [-0.15, -0.1) is 0 Å². The van der Waals surface area contributed by atoms with Crippen molar-refractivity contribution >= 4 is 11.6 Å². The van der Waals surface area contributed by atoms with E-state index in [0.29, 0.717) is 0 Å². The van der Waals surface area contributed by atoms with E-state index in [2.05, 4.69) is 4.74 Å². The maximum Gasteiger partial charge on any atom is 0.387 e. The fourth-order valence-electron chi connectivity index (χ4n) is 1.02. The predicted octanol–water partition coefficient (Wildman–Crippen LogP) is 2.72. The molecule has 0 heterocycles. The highest BCUT2D eigenvalue weighted by atomic mass is 35.5. The molecule has 0 aromatic heterocycles. The van der Waals surface area contributed by atoms with E-state index in [9.17, 15) is 18.9 Å². The average molecular weight is 238 g/mol. The second kappa shape index (κ2) is 4.88. The minimum absolute atomic E-state index is 0.0211. The number of rotatable bonds is 4. The maximum atomic E-state index is 11.9. The predicted molar refractivity (Wildman–Crippen MR) is 48.8 cm³/mol. The summed E-state index contributed by atoms with van der Waals surface area (Å²) in [5.41, 5.74) is 0.0211. The van der Waals surface area contributed by atoms with Gasteiger partial charge in [-0.25, -0.2) is 0 Å². The fraction of sp³-hybridized carbons (Fsp3) is 0.250. The third-order valence-electron chi connectivity index (χ3n) is 1.54. The van der Waals surface area contributed by atoms with Gasteiger partial charge in [0.15, 0.2) is 0 Å². The molecule has 0 spiro atoms. The van der Waals surface area contributed by atoms with Crippen molar-refractivity contribution in [1.29, 1.82) is 0 Å². The summed E-state index contributed by atoms with van der Waals surface area (Å²) in [6.07, 6.45) is 0. The second-order valence-electron chi connectivity index (χ2n) is 2.62. The first kappa shape index (κ1) is 11.6. The van der Waals surface area contributed by atoms with Crippen LogP contribution in [0.5, 0.6) is 5.75 Å². The summed E-state index contributed by atoms with van der Waals surface area (Å²) in [7, 11) is 0. The monoisotopic (exact) mass is 237 g/mol. The van der Waals surface area contributed by atoms with Gasteiger partial charge >= 0.3 is 6.61 Å². The molecule has 0 saturated carbocycles. The van der Waals surface area contributed by atoms with Gasteiger partial charge in [-0.3, -0.25) is 10.1 Å². The number of halogens is 3. The fourth-order valence-corrected chi connectivity index (χ4v) is 1.22. The van der Waals surface area contributed by atoms with E-state index in [1.165, 1.54) is 18.2 Å². The summed E-state index contributed by atoms with van der Waals surface area (Å²) in [5.74, 6) is -0.230. The first-order valence-electron chi connectivity index (χ1n) is 3.84. The molecule has 0 saturated heterocycles. The molecule has 82 valence electrons. The number of nitrogens with zero attached hydrogens (tertiary/aromatic N) is 1. The first-order valence-corrected chi connectivity index (χ1v) is 4.22. The quantitative estimate of drug-likeness (QED) is 0.598. The summed E-state index contributed by atoms with van der Waals surface area (Å²) in [4.78, 5) is 9.59. The van der Waals surface area contributed by atoms with Gasteiger partial charge in [0.2, 0.25) is 6.54 Å². The number of nitro groups is 1. The van der Waals surface area contributed by atoms with Crippen molar-refractivity contribution in [3.63, 3.8) is 0 Å². The van der Waals surface area contributed by atoms with Crippen LogP contribution in [0.1, 0.15) is 5.56 Å². The van der Waals surface area contributed by atoms with Gasteiger partial charge < -0.3 is 4.74 Å². The lowest BCUT2D eigenvalue weighted by molar-refractivity contribution is -0.497. The Morgan fingerprint density at radius 3 is 2.73 bits per heavy atom. The molecule has 1 aromatic carbocycles. The number of benzene rings is 1. The van der Waals surface area contributed by atoms with E-state index < -0.39 is 18.1 Å². The molecule has 0 aliphatic heterocycles. The SMILES string of the molecule is O=[N+]([O-])Cc1cc(Cl)ccc1OC(F)F. The van der Waals surface area contributed by atoms with E-state index in [1.807, 2.05) is 0 Å². The third-order valence-corrected chi connectivity index (χ3v) is 1.77. The van der Waals surface area contributed by atoms with E-state index in [4.69, 9.17) is 11.6 Å². The van der Waals surface area contributed by atoms with Crippen molar-refractivity contribution in [1.82, 2.24) is 0 Å². The molecule has 15 heavy (non-hydrogen) atoms. The Morgan fingerprint density at radius 2 is 2.20 bits per heavy atom. The van der Waals surface area contributed by atoms with Crippen molar-refractivity contribution in [3.05, 3.63) is 38.9 Å². The molecule has 0 radical (unpaired) electrons. The van der Waals surface area contributed by atoms with Crippen LogP contribution in [0.4, 0.5) is 8.78 Å². The van der Waals surface area contributed by atoms with Gasteiger partial charge in [0.25, 0.3) is 0 Å². The molecule has 1 rings (SSSR count). The van der Waals surface area contributed by atoms with Crippen molar-refractivity contribution in [2.24, 2.45) is 0 Å². The molecule has 1 aromatic rings. The van der Waals surface area contributed by atoms with Crippen LogP contribution in [0, 0.1) is 10.1 Å². The first-order chi connectivity index (χ1) is 6.99. The Kier molecular flexibility index (Phi) is 3.79. The highest BCUT2D eigenvalue weighted by molar-refractivity contribution is 6.30. The normalized spacial score (nSPS) is 10.4. The largest absolute Gasteiger partial charge is 0.434 e. The zero-order valence-electron chi connectivity index (χ0n) is 7.32. The Labute approximate surface area is 88.6 Å². The molecule has 0 amide bonds. The minimum Gasteiger partial charge on any atom is -0.434 e. The third kappa shape index (κ3) is 3.67. The number of alkyl halides is 2. The van der Waals surface area contributed by atoms with Crippen LogP contribution in [-0.2, 0) is 6.54 Å². The van der Waals surface area contributed by atoms with Gasteiger partial charge in [-0.05, 0) is 18.2 Å². The van der Waals surface area contributed by atoms with Gasteiger partial charge in [0.1, 0.15) is 5.75 Å². The second-order valence-corrected chi connectivity index (χ2v) is 3.06. The number of ether oxygens (including phenoxy) is 1. The maximum absolute atomic E-state index is 11.9. The Balaban J connectivity index is 2.97. The van der Waals surface area contributed by atoms with Crippen LogP contribution in [0.15, 0.2) is 18.2 Å². The standard InChI is InChI=1S/C8H6ClF2NO3/c9-6-1-2-7(15-8(10)11)5(3-6)4-12(13)14/h1-3,8H,4H2. The van der Waals surface area contributed by atoms with Crippen LogP contribution >= 0.6 is 11.6 Å². The summed E-state index contributed by atoms with van der Waals surface area (Å²) in [6, 6.07) is 3.72. The summed E-state index contributed by atoms with van der Waals surface area (Å²) in [5, 5.41) is 10.5. The summed E-state index contributed by atoms with van der Waals surface area (Å²) in [6.45, 7) is -3.63. The van der Waals surface area contributed by atoms with E-state index in [-0.39, 0.29) is 16.3 Å². The summed E-state index contributed by atoms with van der Waals surface area (Å²) < 4.78 is 27.9. The lowest BCUT2D eigenvalue weighted by Crippen LogP contribution is -2.07. The molecular formula is C8H6ClF2NO3. The molecule has 7 heteroatoms. The molecular weight excluding hydrogens is 232 g/mol. The molecule has 4 nitrogen and oxygen atoms in total. The van der Waals surface area contributed by atoms with Crippen LogP contribution < -0.4 is 4.74 Å². The zero-order chi connectivity index (χ0) is 11.4. The van der Waals surface area contributed by atoms with Gasteiger partial charge in [-0.2, -0.15) is 8.78 Å². The lowest BCUT2D eigenvalue weighted by Gasteiger charge is -2.07. The Morgan fingerprint density at radius 1 is 1.53 bits per heavy atom. The summed E-state index contributed by atoms with van der Waals surface area (Å²) >= 11 is 5.57. The van der Waals surface area contributed by atoms with Crippen molar-refractivity contribution in [3.8, 4) is 5.75 Å². The molecule has 0 N–H and O–H groups in total. The molecule has 0 aliphatic carbocycles. The van der Waals surface area contributed by atoms with Crippen LogP contribution in [0.25, 0.3) is 0 Å². The molecule has 0 fully saturated rings. The van der Waals surface area contributed by atoms with E-state index in [1.54, 1.807) is 0 Å². The van der Waals surface area contributed by atoms with Crippen LogP contribution in [0.2, 0.25) is 5.02 Å². The van der Waals surface area contributed by atoms with Crippen LogP contribution in [-0.4, -0.2) is 11.5 Å².